The first-order valence-electron chi connectivity index (χ1n) is 7.05. The van der Waals surface area contributed by atoms with Gasteiger partial charge in [0.1, 0.15) is 0 Å². The van der Waals surface area contributed by atoms with E-state index in [1.165, 1.54) is 0 Å². The van der Waals surface area contributed by atoms with E-state index in [2.05, 4.69) is 44.3 Å². The average molecular weight is 268 g/mol. The van der Waals surface area contributed by atoms with Crippen LogP contribution in [0.3, 0.4) is 0 Å². The zero-order chi connectivity index (χ0) is 14.5. The summed E-state index contributed by atoms with van der Waals surface area (Å²) in [6, 6.07) is 2.26. The smallest absolute Gasteiger partial charge is 0.0630 e. The Morgan fingerprint density at radius 3 is 2.63 bits per heavy atom. The molecule has 5 nitrogen and oxygen atoms in total. The van der Waals surface area contributed by atoms with E-state index >= 15 is 0 Å². The van der Waals surface area contributed by atoms with Gasteiger partial charge in [-0.15, -0.1) is 0 Å². The van der Waals surface area contributed by atoms with Crippen molar-refractivity contribution in [3.63, 3.8) is 0 Å². The van der Waals surface area contributed by atoms with Crippen LogP contribution in [0.4, 0.5) is 0 Å². The van der Waals surface area contributed by atoms with E-state index in [0.717, 1.165) is 37.2 Å². The highest BCUT2D eigenvalue weighted by Gasteiger charge is 2.22. The Morgan fingerprint density at radius 1 is 1.47 bits per heavy atom. The predicted octanol–water partition coefficient (Wildman–Crippen LogP) is 2.17. The molecular formula is C14H28N4O. The molecule has 5 heteroatoms. The molecule has 0 saturated heterocycles. The molecule has 0 aliphatic carbocycles. The normalized spacial score (nSPS) is 13.8. The predicted molar refractivity (Wildman–Crippen MR) is 77.7 cm³/mol. The van der Waals surface area contributed by atoms with Gasteiger partial charge in [-0.2, -0.15) is 5.10 Å². The van der Waals surface area contributed by atoms with Gasteiger partial charge < -0.3 is 4.74 Å². The lowest BCUT2D eigenvalue weighted by Gasteiger charge is -2.25. The monoisotopic (exact) mass is 268 g/mol. The van der Waals surface area contributed by atoms with Crippen LogP contribution in [0.5, 0.6) is 0 Å². The van der Waals surface area contributed by atoms with Crippen LogP contribution in [0, 0.1) is 0 Å². The molecule has 0 aliphatic heterocycles. The topological polar surface area (TPSA) is 65.1 Å². The van der Waals surface area contributed by atoms with Crippen molar-refractivity contribution < 1.29 is 4.74 Å². The van der Waals surface area contributed by atoms with Crippen molar-refractivity contribution in [3.05, 3.63) is 17.5 Å². The van der Waals surface area contributed by atoms with Gasteiger partial charge in [0.2, 0.25) is 0 Å². The lowest BCUT2D eigenvalue weighted by atomic mass is 9.97. The fourth-order valence-electron chi connectivity index (χ4n) is 2.10. The third-order valence-corrected chi connectivity index (χ3v) is 3.67. The number of methoxy groups -OCH3 is 1. The van der Waals surface area contributed by atoms with Crippen LogP contribution >= 0.6 is 0 Å². The summed E-state index contributed by atoms with van der Waals surface area (Å²) in [6.07, 6.45) is 2.81. The van der Waals surface area contributed by atoms with Crippen LogP contribution in [-0.4, -0.2) is 22.5 Å². The summed E-state index contributed by atoms with van der Waals surface area (Å²) in [4.78, 5) is 0. The van der Waals surface area contributed by atoms with Crippen molar-refractivity contribution in [2.24, 2.45) is 5.84 Å². The minimum absolute atomic E-state index is 0.113. The number of nitrogens with two attached hydrogens (primary N) is 1. The Balaban J connectivity index is 2.82. The van der Waals surface area contributed by atoms with E-state index < -0.39 is 0 Å². The third kappa shape index (κ3) is 4.30. The van der Waals surface area contributed by atoms with Gasteiger partial charge in [-0.05, 0) is 46.1 Å². The summed E-state index contributed by atoms with van der Waals surface area (Å²) in [5, 5.41) is 4.57. The molecule has 0 aliphatic rings. The summed E-state index contributed by atoms with van der Waals surface area (Å²) in [6.45, 7) is 9.26. The highest BCUT2D eigenvalue weighted by atomic mass is 16.5. The molecule has 0 aromatic carbocycles. The summed E-state index contributed by atoms with van der Waals surface area (Å²) in [5.41, 5.74) is 5.06. The first kappa shape index (κ1) is 16.1. The number of ether oxygens (including phenoxy) is 1. The summed E-state index contributed by atoms with van der Waals surface area (Å²) in [7, 11) is 1.75. The molecule has 110 valence electrons. The van der Waals surface area contributed by atoms with E-state index in [1.807, 2.05) is 4.68 Å². The molecule has 1 atom stereocenters. The third-order valence-electron chi connectivity index (χ3n) is 3.67. The van der Waals surface area contributed by atoms with Crippen LogP contribution in [0.25, 0.3) is 0 Å². The highest BCUT2D eigenvalue weighted by molar-refractivity contribution is 5.14. The fourth-order valence-corrected chi connectivity index (χ4v) is 2.10. The molecule has 1 heterocycles. The minimum atomic E-state index is -0.125. The second-order valence-corrected chi connectivity index (χ2v) is 5.45. The van der Waals surface area contributed by atoms with E-state index in [4.69, 9.17) is 10.6 Å². The molecule has 0 bridgehead atoms. The summed E-state index contributed by atoms with van der Waals surface area (Å²) >= 11 is 0. The first-order chi connectivity index (χ1) is 8.97. The molecule has 0 radical (unpaired) electrons. The van der Waals surface area contributed by atoms with Crippen molar-refractivity contribution in [1.82, 2.24) is 15.2 Å². The molecule has 1 rings (SSSR count). The van der Waals surface area contributed by atoms with E-state index in [0.29, 0.717) is 0 Å². The van der Waals surface area contributed by atoms with Gasteiger partial charge in [0.15, 0.2) is 0 Å². The lowest BCUT2D eigenvalue weighted by molar-refractivity contribution is 0.0115. The van der Waals surface area contributed by atoms with Crippen molar-refractivity contribution in [2.45, 2.75) is 65.1 Å². The molecule has 3 N–H and O–H groups in total. The molecule has 1 aromatic heterocycles. The molecule has 0 spiro atoms. The zero-order valence-corrected chi connectivity index (χ0v) is 12.9. The molecule has 0 saturated carbocycles. The lowest BCUT2D eigenvalue weighted by Crippen LogP contribution is -2.32. The second kappa shape index (κ2) is 7.03. The van der Waals surface area contributed by atoms with E-state index in [1.54, 1.807) is 7.11 Å². The molecule has 0 amide bonds. The van der Waals surface area contributed by atoms with Crippen molar-refractivity contribution in [1.29, 1.82) is 0 Å². The van der Waals surface area contributed by atoms with Gasteiger partial charge in [-0.25, -0.2) is 0 Å². The second-order valence-electron chi connectivity index (χ2n) is 5.45. The largest absolute Gasteiger partial charge is 0.379 e. The van der Waals surface area contributed by atoms with Gasteiger partial charge in [-0.1, -0.05) is 6.92 Å². The molecule has 19 heavy (non-hydrogen) atoms. The number of nitrogens with one attached hydrogen (secondary N) is 1. The van der Waals surface area contributed by atoms with Gasteiger partial charge in [0, 0.05) is 13.7 Å². The first-order valence-corrected chi connectivity index (χ1v) is 7.05. The standard InChI is InChI=1S/C14H28N4O/c1-6-11-10-13(18(7-2)17-11)12(16-15)8-9-14(3,4)19-5/h10,12,16H,6-9,15H2,1-5H3. The minimum Gasteiger partial charge on any atom is -0.379 e. The Bertz CT molecular complexity index is 387. The quantitative estimate of drug-likeness (QED) is 0.560. The maximum absolute atomic E-state index is 5.72. The van der Waals surface area contributed by atoms with Gasteiger partial charge in [0.05, 0.1) is 23.0 Å². The number of hydrogen-bond acceptors (Lipinski definition) is 4. The number of nitrogens with zero attached hydrogens (tertiary/aromatic N) is 2. The number of rotatable bonds is 8. The fraction of sp³-hybridized carbons (Fsp3) is 0.786. The Hall–Kier alpha value is -0.910. The molecule has 0 fully saturated rings. The van der Waals surface area contributed by atoms with E-state index in [-0.39, 0.29) is 11.6 Å². The van der Waals surface area contributed by atoms with Crippen LogP contribution in [0.2, 0.25) is 0 Å². The van der Waals surface area contributed by atoms with Gasteiger partial charge in [-0.3, -0.25) is 16.0 Å². The van der Waals surface area contributed by atoms with Crippen LogP contribution in [-0.2, 0) is 17.7 Å². The Kier molecular flexibility index (Phi) is 5.97. The van der Waals surface area contributed by atoms with Crippen molar-refractivity contribution >= 4 is 0 Å². The average Bonchev–Trinajstić information content (AvgIpc) is 2.83. The Labute approximate surface area is 116 Å². The van der Waals surface area contributed by atoms with Crippen molar-refractivity contribution in [2.75, 3.05) is 7.11 Å². The highest BCUT2D eigenvalue weighted by Crippen LogP contribution is 2.24. The maximum Gasteiger partial charge on any atom is 0.0630 e. The summed E-state index contributed by atoms with van der Waals surface area (Å²) in [5.74, 6) is 5.72. The van der Waals surface area contributed by atoms with E-state index in [9.17, 15) is 0 Å². The van der Waals surface area contributed by atoms with Gasteiger partial charge in [0.25, 0.3) is 0 Å². The summed E-state index contributed by atoms with van der Waals surface area (Å²) < 4.78 is 7.49. The number of hydrogen-bond donors (Lipinski definition) is 2. The maximum atomic E-state index is 5.72. The molecule has 1 aromatic rings. The van der Waals surface area contributed by atoms with Crippen molar-refractivity contribution in [3.8, 4) is 0 Å². The zero-order valence-electron chi connectivity index (χ0n) is 12.9. The number of aromatic nitrogens is 2. The van der Waals surface area contributed by atoms with Crippen LogP contribution in [0.1, 0.15) is 58.0 Å². The van der Waals surface area contributed by atoms with Gasteiger partial charge >= 0.3 is 0 Å². The SMILES string of the molecule is CCc1cc(C(CCC(C)(C)OC)NN)n(CC)n1. The number of aryl methyl sites for hydroxylation is 2. The number of hydrazine groups is 1. The Morgan fingerprint density at radius 2 is 2.16 bits per heavy atom. The van der Waals surface area contributed by atoms with Crippen LogP contribution in [0.15, 0.2) is 6.07 Å². The molecular weight excluding hydrogens is 240 g/mol. The van der Waals surface area contributed by atoms with Crippen LogP contribution < -0.4 is 11.3 Å². The molecule has 1 unspecified atom stereocenters.